The molecule has 25 heavy (non-hydrogen) atoms. The van der Waals surface area contributed by atoms with Crippen LogP contribution in [-0.4, -0.2) is 24.5 Å². The maximum atomic E-state index is 13.0. The molecule has 2 rings (SSSR count). The first-order chi connectivity index (χ1) is 11.8. The molecule has 0 aromatic heterocycles. The molecule has 0 unspecified atom stereocenters. The minimum Gasteiger partial charge on any atom is -0.338 e. The van der Waals surface area contributed by atoms with Gasteiger partial charge in [-0.2, -0.15) is 13.2 Å². The summed E-state index contributed by atoms with van der Waals surface area (Å²) in [6.07, 6.45) is -3.96. The average molecular weight is 354 g/mol. The lowest BCUT2D eigenvalue weighted by molar-refractivity contribution is -0.138. The van der Waals surface area contributed by atoms with Crippen molar-refractivity contribution < 1.29 is 22.4 Å². The van der Waals surface area contributed by atoms with E-state index in [1.165, 1.54) is 42.3 Å². The Hall–Kier alpha value is -2.57. The third-order valence-corrected chi connectivity index (χ3v) is 3.68. The van der Waals surface area contributed by atoms with Gasteiger partial charge in [-0.15, -0.1) is 0 Å². The second-order valence-electron chi connectivity index (χ2n) is 5.62. The van der Waals surface area contributed by atoms with Crippen LogP contribution in [0.3, 0.4) is 0 Å². The first-order valence-corrected chi connectivity index (χ1v) is 7.66. The van der Waals surface area contributed by atoms with E-state index in [0.717, 1.165) is 11.6 Å². The maximum absolute atomic E-state index is 13.0. The van der Waals surface area contributed by atoms with Gasteiger partial charge in [-0.1, -0.05) is 30.3 Å². The first kappa shape index (κ1) is 18.8. The minimum atomic E-state index is -4.46. The number of nitrogens with one attached hydrogen (secondary N) is 1. The molecule has 3 nitrogen and oxygen atoms in total. The smallest absolute Gasteiger partial charge is 0.338 e. The molecule has 0 aliphatic rings. The molecule has 0 saturated heterocycles. The molecule has 7 heteroatoms. The van der Waals surface area contributed by atoms with Crippen molar-refractivity contribution in [2.75, 3.05) is 13.6 Å². The Morgan fingerprint density at radius 3 is 2.36 bits per heavy atom. The number of rotatable bonds is 5. The molecule has 0 aliphatic carbocycles. The number of nitrogens with zero attached hydrogens (tertiary/aromatic N) is 1. The Labute approximate surface area is 143 Å². The van der Waals surface area contributed by atoms with Crippen LogP contribution in [0.4, 0.5) is 22.4 Å². The highest BCUT2D eigenvalue weighted by molar-refractivity contribution is 5.73. The van der Waals surface area contributed by atoms with Crippen molar-refractivity contribution in [1.29, 1.82) is 0 Å². The van der Waals surface area contributed by atoms with E-state index in [-0.39, 0.29) is 17.9 Å². The highest BCUT2D eigenvalue weighted by Crippen LogP contribution is 2.32. The lowest BCUT2D eigenvalue weighted by Gasteiger charge is -2.20. The number of halogens is 4. The highest BCUT2D eigenvalue weighted by Gasteiger charge is 2.33. The standard InChI is InChI=1S/C18H18F4N2O/c1-24(12-14-4-2-3-5-16(14)18(20,21)22)17(25)23-11-10-13-6-8-15(19)9-7-13/h2-9H,10-12H2,1H3,(H,23,25). The van der Waals surface area contributed by atoms with E-state index in [1.807, 2.05) is 0 Å². The van der Waals surface area contributed by atoms with Gasteiger partial charge in [-0.05, 0) is 35.7 Å². The largest absolute Gasteiger partial charge is 0.416 e. The Kier molecular flexibility index (Phi) is 6.01. The number of hydrogen-bond acceptors (Lipinski definition) is 1. The molecule has 0 fully saturated rings. The van der Waals surface area contributed by atoms with Gasteiger partial charge in [-0.25, -0.2) is 9.18 Å². The molecular formula is C18H18F4N2O. The predicted molar refractivity (Wildman–Crippen MR) is 86.4 cm³/mol. The van der Waals surface area contributed by atoms with Crippen LogP contribution in [0.15, 0.2) is 48.5 Å². The lowest BCUT2D eigenvalue weighted by atomic mass is 10.1. The van der Waals surface area contributed by atoms with Crippen LogP contribution in [0.1, 0.15) is 16.7 Å². The van der Waals surface area contributed by atoms with E-state index in [2.05, 4.69) is 5.32 Å². The number of benzene rings is 2. The van der Waals surface area contributed by atoms with Crippen molar-refractivity contribution >= 4 is 6.03 Å². The maximum Gasteiger partial charge on any atom is 0.416 e. The number of carbonyl (C=O) groups excluding carboxylic acids is 1. The van der Waals surface area contributed by atoms with Gasteiger partial charge in [0.2, 0.25) is 0 Å². The summed E-state index contributed by atoms with van der Waals surface area (Å²) in [6.45, 7) is 0.147. The summed E-state index contributed by atoms with van der Waals surface area (Å²) in [5.74, 6) is -0.337. The van der Waals surface area contributed by atoms with Gasteiger partial charge in [-0.3, -0.25) is 0 Å². The van der Waals surface area contributed by atoms with Crippen molar-refractivity contribution in [3.8, 4) is 0 Å². The molecule has 1 N–H and O–H groups in total. The van der Waals surface area contributed by atoms with E-state index in [0.29, 0.717) is 13.0 Å². The van der Waals surface area contributed by atoms with Crippen LogP contribution in [0.2, 0.25) is 0 Å². The van der Waals surface area contributed by atoms with Crippen molar-refractivity contribution in [1.82, 2.24) is 10.2 Å². The molecule has 2 aromatic carbocycles. The molecular weight excluding hydrogens is 336 g/mol. The second kappa shape index (κ2) is 8.00. The molecule has 0 heterocycles. The Morgan fingerprint density at radius 1 is 1.08 bits per heavy atom. The van der Waals surface area contributed by atoms with Gasteiger partial charge in [0.15, 0.2) is 0 Å². The number of alkyl halides is 3. The number of amides is 2. The fourth-order valence-corrected chi connectivity index (χ4v) is 2.36. The van der Waals surface area contributed by atoms with Crippen molar-refractivity contribution in [2.45, 2.75) is 19.1 Å². The summed E-state index contributed by atoms with van der Waals surface area (Å²) < 4.78 is 51.7. The van der Waals surface area contributed by atoms with Crippen LogP contribution < -0.4 is 5.32 Å². The number of carbonyl (C=O) groups is 1. The molecule has 0 radical (unpaired) electrons. The van der Waals surface area contributed by atoms with Crippen LogP contribution in [-0.2, 0) is 19.1 Å². The van der Waals surface area contributed by atoms with Gasteiger partial charge in [0.25, 0.3) is 0 Å². The average Bonchev–Trinajstić information content (AvgIpc) is 2.56. The van der Waals surface area contributed by atoms with E-state index in [4.69, 9.17) is 0 Å². The van der Waals surface area contributed by atoms with Crippen molar-refractivity contribution in [2.24, 2.45) is 0 Å². The summed E-state index contributed by atoms with van der Waals surface area (Å²) in [5.41, 5.74) is 0.138. The fraction of sp³-hybridized carbons (Fsp3) is 0.278. The molecule has 0 saturated carbocycles. The normalized spacial score (nSPS) is 11.2. The summed E-state index contributed by atoms with van der Waals surface area (Å²) >= 11 is 0. The minimum absolute atomic E-state index is 0.0335. The van der Waals surface area contributed by atoms with E-state index < -0.39 is 17.8 Å². The molecule has 0 aliphatic heterocycles. The molecule has 2 aromatic rings. The second-order valence-corrected chi connectivity index (χ2v) is 5.62. The zero-order valence-corrected chi connectivity index (χ0v) is 13.6. The quantitative estimate of drug-likeness (QED) is 0.801. The Balaban J connectivity index is 1.89. The Morgan fingerprint density at radius 2 is 1.72 bits per heavy atom. The van der Waals surface area contributed by atoms with Crippen LogP contribution in [0.5, 0.6) is 0 Å². The lowest BCUT2D eigenvalue weighted by Crippen LogP contribution is -2.38. The summed E-state index contributed by atoms with van der Waals surface area (Å²) in [5, 5.41) is 2.64. The molecule has 0 bridgehead atoms. The number of hydrogen-bond donors (Lipinski definition) is 1. The van der Waals surface area contributed by atoms with Gasteiger partial charge < -0.3 is 10.2 Å². The summed E-state index contributed by atoms with van der Waals surface area (Å²) in [7, 11) is 1.43. The van der Waals surface area contributed by atoms with Crippen molar-refractivity contribution in [3.63, 3.8) is 0 Å². The van der Waals surface area contributed by atoms with E-state index in [1.54, 1.807) is 12.1 Å². The van der Waals surface area contributed by atoms with Gasteiger partial charge in [0.1, 0.15) is 5.82 Å². The van der Waals surface area contributed by atoms with Crippen LogP contribution >= 0.6 is 0 Å². The monoisotopic (exact) mass is 354 g/mol. The summed E-state index contributed by atoms with van der Waals surface area (Å²) in [4.78, 5) is 13.2. The SMILES string of the molecule is CN(Cc1ccccc1C(F)(F)F)C(=O)NCCc1ccc(F)cc1. The highest BCUT2D eigenvalue weighted by atomic mass is 19.4. The van der Waals surface area contributed by atoms with Gasteiger partial charge in [0, 0.05) is 20.1 Å². The van der Waals surface area contributed by atoms with Crippen LogP contribution in [0, 0.1) is 5.82 Å². The van der Waals surface area contributed by atoms with Gasteiger partial charge in [0.05, 0.1) is 5.56 Å². The van der Waals surface area contributed by atoms with E-state index >= 15 is 0 Å². The molecule has 0 spiro atoms. The third kappa shape index (κ3) is 5.48. The topological polar surface area (TPSA) is 32.3 Å². The summed E-state index contributed by atoms with van der Waals surface area (Å²) in [6, 6.07) is 10.6. The van der Waals surface area contributed by atoms with Crippen LogP contribution in [0.25, 0.3) is 0 Å². The molecule has 0 atom stereocenters. The Bertz CT molecular complexity index is 714. The molecule has 2 amide bonds. The first-order valence-electron chi connectivity index (χ1n) is 7.66. The zero-order valence-electron chi connectivity index (χ0n) is 13.6. The molecule has 134 valence electrons. The number of urea groups is 1. The van der Waals surface area contributed by atoms with Gasteiger partial charge >= 0.3 is 12.2 Å². The zero-order chi connectivity index (χ0) is 18.4. The van der Waals surface area contributed by atoms with Crippen molar-refractivity contribution in [3.05, 3.63) is 71.0 Å². The fourth-order valence-electron chi connectivity index (χ4n) is 2.36. The predicted octanol–water partition coefficient (Wildman–Crippen LogP) is 4.23. The third-order valence-electron chi connectivity index (χ3n) is 3.68. The van der Waals surface area contributed by atoms with E-state index in [9.17, 15) is 22.4 Å².